The number of piperazine rings is 1. The summed E-state index contributed by atoms with van der Waals surface area (Å²) in [5, 5.41) is 9.98. The summed E-state index contributed by atoms with van der Waals surface area (Å²) in [5.41, 5.74) is 2.64. The lowest BCUT2D eigenvalue weighted by Gasteiger charge is -2.35. The van der Waals surface area contributed by atoms with Crippen molar-refractivity contribution >= 4 is 39.0 Å². The van der Waals surface area contributed by atoms with Gasteiger partial charge in [0.25, 0.3) is 5.91 Å². The lowest BCUT2D eigenvalue weighted by Crippen LogP contribution is -2.48. The predicted octanol–water partition coefficient (Wildman–Crippen LogP) is 3.66. The van der Waals surface area contributed by atoms with E-state index in [2.05, 4.69) is 28.0 Å². The number of aromatic nitrogens is 2. The standard InChI is InChI=1S/C27H26N5O3S/c33-21-8-4-5-19(17-21)25-28-22-18-23(36-24(22)26(29-25)31-13-15-35-16-14-31)27(34)32-11-9-30(10-12-32)20-6-2-1-3-7-20/h2-8,17-18,33H,9-16H2. The van der Waals surface area contributed by atoms with Gasteiger partial charge in [-0.05, 0) is 36.4 Å². The number of carbonyl (C=O) groups excluding carboxylic acids is 1. The molecule has 2 fully saturated rings. The van der Waals surface area contributed by atoms with Gasteiger partial charge in [-0.25, -0.2) is 9.97 Å². The van der Waals surface area contributed by atoms with Crippen LogP contribution in [0.2, 0.25) is 0 Å². The fourth-order valence-corrected chi connectivity index (χ4v) is 5.78. The van der Waals surface area contributed by atoms with E-state index in [0.29, 0.717) is 37.0 Å². The minimum atomic E-state index is 0.0332. The Balaban J connectivity index is 1.30. The van der Waals surface area contributed by atoms with Crippen LogP contribution in [0.4, 0.5) is 11.5 Å². The fraction of sp³-hybridized carbons (Fsp3) is 0.296. The molecule has 2 aromatic carbocycles. The number of carbonyl (C=O) groups is 1. The molecule has 4 aromatic rings. The number of thiophene rings is 1. The van der Waals surface area contributed by atoms with Crippen molar-refractivity contribution in [1.82, 2.24) is 14.9 Å². The highest BCUT2D eigenvalue weighted by molar-refractivity contribution is 7.21. The van der Waals surface area contributed by atoms with Gasteiger partial charge in [0.05, 0.1) is 28.3 Å². The summed E-state index contributed by atoms with van der Waals surface area (Å²) >= 11 is 1.46. The third-order valence-corrected chi connectivity index (χ3v) is 7.72. The summed E-state index contributed by atoms with van der Waals surface area (Å²) in [5.74, 6) is 1.55. The minimum absolute atomic E-state index is 0.0332. The normalized spacial score (nSPS) is 16.5. The molecule has 0 aliphatic carbocycles. The zero-order valence-corrected chi connectivity index (χ0v) is 20.6. The average Bonchev–Trinajstić information content (AvgIpc) is 3.37. The van der Waals surface area contributed by atoms with Crippen molar-refractivity contribution in [3.63, 3.8) is 0 Å². The van der Waals surface area contributed by atoms with E-state index in [-0.39, 0.29) is 11.7 Å². The number of phenols is 1. The highest BCUT2D eigenvalue weighted by Crippen LogP contribution is 2.35. The van der Waals surface area contributed by atoms with E-state index in [1.165, 1.54) is 11.3 Å². The SMILES string of the molecule is O=C(c1cc2nc(-c3cccc(O)c3)nc(N3CCOCC3)c2s1)N1CCN(c2cc[c]cc2)CC1. The van der Waals surface area contributed by atoms with E-state index in [0.717, 1.165) is 53.5 Å². The van der Waals surface area contributed by atoms with E-state index in [1.54, 1.807) is 18.2 Å². The van der Waals surface area contributed by atoms with Crippen LogP contribution in [0, 0.1) is 6.07 Å². The minimum Gasteiger partial charge on any atom is -0.508 e. The van der Waals surface area contributed by atoms with Crippen LogP contribution in [0.25, 0.3) is 21.6 Å². The molecule has 9 heteroatoms. The molecule has 0 unspecified atom stereocenters. The monoisotopic (exact) mass is 500 g/mol. The quantitative estimate of drug-likeness (QED) is 0.458. The van der Waals surface area contributed by atoms with Gasteiger partial charge < -0.3 is 24.5 Å². The van der Waals surface area contributed by atoms with Gasteiger partial charge >= 0.3 is 0 Å². The first-order valence-corrected chi connectivity index (χ1v) is 12.9. The maximum absolute atomic E-state index is 13.5. The summed E-state index contributed by atoms with van der Waals surface area (Å²) in [7, 11) is 0. The van der Waals surface area contributed by atoms with E-state index in [1.807, 2.05) is 29.2 Å². The van der Waals surface area contributed by atoms with Crippen LogP contribution in [0.15, 0.2) is 54.6 Å². The van der Waals surface area contributed by atoms with Crippen molar-refractivity contribution in [3.8, 4) is 17.1 Å². The molecule has 36 heavy (non-hydrogen) atoms. The fourth-order valence-electron chi connectivity index (χ4n) is 4.70. The third-order valence-electron chi connectivity index (χ3n) is 6.61. The second-order valence-corrected chi connectivity index (χ2v) is 9.94. The molecule has 1 N–H and O–H groups in total. The van der Waals surface area contributed by atoms with Crippen molar-refractivity contribution in [2.45, 2.75) is 0 Å². The molecule has 2 aliphatic rings. The number of hydrogen-bond donors (Lipinski definition) is 1. The van der Waals surface area contributed by atoms with Gasteiger partial charge in [-0.15, -0.1) is 11.3 Å². The lowest BCUT2D eigenvalue weighted by molar-refractivity contribution is 0.0751. The van der Waals surface area contributed by atoms with Crippen molar-refractivity contribution in [3.05, 3.63) is 65.5 Å². The highest BCUT2D eigenvalue weighted by Gasteiger charge is 2.26. The van der Waals surface area contributed by atoms with Gasteiger partial charge in [0.1, 0.15) is 5.75 Å². The smallest absolute Gasteiger partial charge is 0.264 e. The highest BCUT2D eigenvalue weighted by atomic mass is 32.1. The van der Waals surface area contributed by atoms with Gasteiger partial charge in [-0.3, -0.25) is 4.79 Å². The molecule has 0 spiro atoms. The molecule has 0 saturated carbocycles. The van der Waals surface area contributed by atoms with Gasteiger partial charge in [-0.2, -0.15) is 0 Å². The summed E-state index contributed by atoms with van der Waals surface area (Å²) in [4.78, 5) is 30.3. The summed E-state index contributed by atoms with van der Waals surface area (Å²) in [6, 6.07) is 19.8. The summed E-state index contributed by atoms with van der Waals surface area (Å²) in [6.07, 6.45) is 0. The molecule has 183 valence electrons. The van der Waals surface area contributed by atoms with Crippen LogP contribution in [0.3, 0.4) is 0 Å². The van der Waals surface area contributed by atoms with Gasteiger partial charge in [0.2, 0.25) is 0 Å². The number of fused-ring (bicyclic) bond motifs is 1. The number of hydrogen-bond acceptors (Lipinski definition) is 8. The zero-order chi connectivity index (χ0) is 24.5. The Hall–Kier alpha value is -3.69. The van der Waals surface area contributed by atoms with Crippen LogP contribution in [-0.2, 0) is 4.74 Å². The van der Waals surface area contributed by atoms with Crippen molar-refractivity contribution in [2.24, 2.45) is 0 Å². The van der Waals surface area contributed by atoms with Gasteiger partial charge in [0, 0.05) is 50.5 Å². The number of nitrogens with zero attached hydrogens (tertiary/aromatic N) is 5. The van der Waals surface area contributed by atoms with Gasteiger partial charge in [-0.1, -0.05) is 24.3 Å². The Morgan fingerprint density at radius 1 is 0.944 bits per heavy atom. The number of phenolic OH excluding ortho intramolecular Hbond substituents is 1. The first-order chi connectivity index (χ1) is 17.7. The maximum Gasteiger partial charge on any atom is 0.264 e. The van der Waals surface area contributed by atoms with Crippen LogP contribution in [-0.4, -0.2) is 78.4 Å². The van der Waals surface area contributed by atoms with Gasteiger partial charge in [0.15, 0.2) is 11.6 Å². The van der Waals surface area contributed by atoms with Crippen LogP contribution < -0.4 is 9.80 Å². The Kier molecular flexibility index (Phi) is 6.16. The number of ether oxygens (including phenoxy) is 1. The number of benzene rings is 2. The Labute approximate surface area is 213 Å². The van der Waals surface area contributed by atoms with Crippen LogP contribution in [0.5, 0.6) is 5.75 Å². The predicted molar refractivity (Wildman–Crippen MR) is 141 cm³/mol. The molecule has 0 bridgehead atoms. The van der Waals surface area contributed by atoms with Crippen molar-refractivity contribution < 1.29 is 14.6 Å². The summed E-state index contributed by atoms with van der Waals surface area (Å²) < 4.78 is 6.45. The third kappa shape index (κ3) is 4.47. The number of anilines is 2. The Morgan fingerprint density at radius 3 is 2.47 bits per heavy atom. The molecule has 4 heterocycles. The second kappa shape index (κ2) is 9.75. The molecule has 2 aromatic heterocycles. The van der Waals surface area contributed by atoms with E-state index >= 15 is 0 Å². The molecule has 6 rings (SSSR count). The largest absolute Gasteiger partial charge is 0.508 e. The second-order valence-electron chi connectivity index (χ2n) is 8.88. The molecule has 2 aliphatic heterocycles. The van der Waals surface area contributed by atoms with Crippen molar-refractivity contribution in [1.29, 1.82) is 0 Å². The maximum atomic E-state index is 13.5. The number of amides is 1. The average molecular weight is 501 g/mol. The van der Waals surface area contributed by atoms with Crippen LogP contribution in [0.1, 0.15) is 9.67 Å². The Morgan fingerprint density at radius 2 is 1.72 bits per heavy atom. The molecule has 1 radical (unpaired) electrons. The summed E-state index contributed by atoms with van der Waals surface area (Å²) in [6.45, 7) is 5.65. The van der Waals surface area contributed by atoms with Crippen molar-refractivity contribution in [2.75, 3.05) is 62.3 Å². The molecular weight excluding hydrogens is 474 g/mol. The molecular formula is C27H26N5O3S. The topological polar surface area (TPSA) is 82.0 Å². The lowest BCUT2D eigenvalue weighted by atomic mass is 10.2. The number of morpholine rings is 1. The first kappa shape index (κ1) is 22.8. The first-order valence-electron chi connectivity index (χ1n) is 12.1. The van der Waals surface area contributed by atoms with E-state index in [9.17, 15) is 9.90 Å². The Bertz CT molecular complexity index is 1380. The van der Waals surface area contributed by atoms with Crippen LogP contribution >= 0.6 is 11.3 Å². The molecule has 0 atom stereocenters. The number of aromatic hydroxyl groups is 1. The van der Waals surface area contributed by atoms with E-state index < -0.39 is 0 Å². The molecule has 2 saturated heterocycles. The zero-order valence-electron chi connectivity index (χ0n) is 19.8. The van der Waals surface area contributed by atoms with E-state index in [4.69, 9.17) is 14.7 Å². The number of rotatable bonds is 4. The molecule has 8 nitrogen and oxygen atoms in total. The molecule has 1 amide bonds.